The lowest BCUT2D eigenvalue weighted by atomic mass is 10.1. The summed E-state index contributed by atoms with van der Waals surface area (Å²) in [5, 5.41) is 17.3. The largest absolute Gasteiger partial charge is 0.305 e. The van der Waals surface area contributed by atoms with Crippen LogP contribution in [0.5, 0.6) is 0 Å². The molecule has 8 heteroatoms. The van der Waals surface area contributed by atoms with Crippen molar-refractivity contribution in [1.29, 1.82) is 0 Å². The number of nitro benzene ring substituents is 1. The summed E-state index contributed by atoms with van der Waals surface area (Å²) in [5.41, 5.74) is -0.527. The molecule has 0 fully saturated rings. The second-order valence-corrected chi connectivity index (χ2v) is 4.13. The molecule has 0 atom stereocenters. The minimum atomic E-state index is -0.685. The molecule has 1 amide bonds. The number of amides is 1. The number of benzene rings is 1. The van der Waals surface area contributed by atoms with E-state index >= 15 is 0 Å². The van der Waals surface area contributed by atoms with Crippen LogP contribution in [0.2, 0.25) is 5.02 Å². The van der Waals surface area contributed by atoms with E-state index in [0.29, 0.717) is 5.82 Å². The number of nitrogens with one attached hydrogen (secondary N) is 1. The minimum Gasteiger partial charge on any atom is -0.305 e. The molecule has 98 valence electrons. The number of carbonyl (C=O) groups excluding carboxylic acids is 1. The monoisotopic (exact) mass is 280 g/mol. The number of hydrogen-bond acceptors (Lipinski definition) is 4. The van der Waals surface area contributed by atoms with Gasteiger partial charge in [0.2, 0.25) is 0 Å². The standard InChI is InChI=1S/C11H9ClN4O3/c1-15-6-5-9(14-15)13-11(17)7-3-2-4-8(12)10(7)16(18)19/h2-6H,1H3,(H,13,14,17). The van der Waals surface area contributed by atoms with Gasteiger partial charge in [0.25, 0.3) is 5.91 Å². The molecule has 0 aliphatic carbocycles. The predicted octanol–water partition coefficient (Wildman–Crippen LogP) is 2.23. The highest BCUT2D eigenvalue weighted by molar-refractivity contribution is 6.33. The van der Waals surface area contributed by atoms with Crippen LogP contribution in [0.15, 0.2) is 30.5 Å². The number of halogens is 1. The van der Waals surface area contributed by atoms with Crippen molar-refractivity contribution in [3.8, 4) is 0 Å². The topological polar surface area (TPSA) is 90.1 Å². The van der Waals surface area contributed by atoms with E-state index in [1.54, 1.807) is 19.3 Å². The molecule has 0 radical (unpaired) electrons. The van der Waals surface area contributed by atoms with Gasteiger partial charge >= 0.3 is 5.69 Å². The lowest BCUT2D eigenvalue weighted by Crippen LogP contribution is -2.14. The third-order valence-electron chi connectivity index (χ3n) is 2.37. The van der Waals surface area contributed by atoms with Crippen LogP contribution in [0.3, 0.4) is 0 Å². The zero-order valence-electron chi connectivity index (χ0n) is 9.83. The van der Waals surface area contributed by atoms with Crippen LogP contribution in [0.4, 0.5) is 11.5 Å². The van der Waals surface area contributed by atoms with Crippen LogP contribution in [-0.2, 0) is 7.05 Å². The molecular weight excluding hydrogens is 272 g/mol. The molecule has 1 heterocycles. The third kappa shape index (κ3) is 2.71. The van der Waals surface area contributed by atoms with E-state index in [4.69, 9.17) is 11.6 Å². The smallest absolute Gasteiger partial charge is 0.300 e. The first-order chi connectivity index (χ1) is 8.99. The lowest BCUT2D eigenvalue weighted by Gasteiger charge is -2.04. The van der Waals surface area contributed by atoms with Gasteiger partial charge in [0.15, 0.2) is 5.82 Å². The van der Waals surface area contributed by atoms with Crippen LogP contribution in [0, 0.1) is 10.1 Å². The molecule has 0 aliphatic rings. The first kappa shape index (κ1) is 13.0. The maximum Gasteiger partial charge on any atom is 0.300 e. The van der Waals surface area contributed by atoms with Gasteiger partial charge in [-0.05, 0) is 12.1 Å². The molecule has 0 aliphatic heterocycles. The van der Waals surface area contributed by atoms with Crippen molar-refractivity contribution in [2.75, 3.05) is 5.32 Å². The number of hydrogen-bond donors (Lipinski definition) is 1. The first-order valence-electron chi connectivity index (χ1n) is 5.23. The van der Waals surface area contributed by atoms with Crippen LogP contribution >= 0.6 is 11.6 Å². The molecule has 0 unspecified atom stereocenters. The molecule has 0 saturated carbocycles. The fraction of sp³-hybridized carbons (Fsp3) is 0.0909. The Labute approximate surface area is 112 Å². The number of para-hydroxylation sites is 1. The summed E-state index contributed by atoms with van der Waals surface area (Å²) in [4.78, 5) is 22.2. The van der Waals surface area contributed by atoms with Gasteiger partial charge in [-0.1, -0.05) is 17.7 Å². The summed E-state index contributed by atoms with van der Waals surface area (Å²) in [6, 6.07) is 5.75. The number of carbonyl (C=O) groups is 1. The Hall–Kier alpha value is -2.41. The normalized spacial score (nSPS) is 10.2. The quantitative estimate of drug-likeness (QED) is 0.689. The summed E-state index contributed by atoms with van der Waals surface area (Å²) in [6.07, 6.45) is 1.64. The van der Waals surface area contributed by atoms with Crippen molar-refractivity contribution in [3.05, 3.63) is 51.2 Å². The highest BCUT2D eigenvalue weighted by Crippen LogP contribution is 2.28. The van der Waals surface area contributed by atoms with E-state index < -0.39 is 16.5 Å². The molecule has 2 rings (SSSR count). The van der Waals surface area contributed by atoms with Crippen LogP contribution in [0.1, 0.15) is 10.4 Å². The average Bonchev–Trinajstić information content (AvgIpc) is 2.73. The van der Waals surface area contributed by atoms with Crippen molar-refractivity contribution in [2.45, 2.75) is 0 Å². The SMILES string of the molecule is Cn1ccc(NC(=O)c2cccc(Cl)c2[N+](=O)[O-])n1. The molecule has 19 heavy (non-hydrogen) atoms. The van der Waals surface area contributed by atoms with E-state index in [-0.39, 0.29) is 10.6 Å². The maximum atomic E-state index is 12.0. The van der Waals surface area contributed by atoms with E-state index in [1.807, 2.05) is 0 Å². The van der Waals surface area contributed by atoms with Gasteiger partial charge in [-0.15, -0.1) is 0 Å². The molecule has 0 bridgehead atoms. The van der Waals surface area contributed by atoms with Crippen LogP contribution < -0.4 is 5.32 Å². The van der Waals surface area contributed by atoms with Gasteiger partial charge < -0.3 is 5.32 Å². The molecule has 0 spiro atoms. The molecule has 1 N–H and O–H groups in total. The Morgan fingerprint density at radius 1 is 1.47 bits per heavy atom. The van der Waals surface area contributed by atoms with Gasteiger partial charge in [-0.25, -0.2) is 0 Å². The number of anilines is 1. The van der Waals surface area contributed by atoms with E-state index in [2.05, 4.69) is 10.4 Å². The number of aryl methyl sites for hydroxylation is 1. The Balaban J connectivity index is 2.34. The molecule has 1 aromatic heterocycles. The van der Waals surface area contributed by atoms with E-state index in [0.717, 1.165) is 0 Å². The van der Waals surface area contributed by atoms with Gasteiger partial charge in [0.1, 0.15) is 10.6 Å². The van der Waals surface area contributed by atoms with Crippen molar-refractivity contribution < 1.29 is 9.72 Å². The highest BCUT2D eigenvalue weighted by Gasteiger charge is 2.23. The van der Waals surface area contributed by atoms with Crippen LogP contribution in [0.25, 0.3) is 0 Å². The van der Waals surface area contributed by atoms with Crippen molar-refractivity contribution in [2.24, 2.45) is 7.05 Å². The number of nitrogens with zero attached hydrogens (tertiary/aromatic N) is 3. The third-order valence-corrected chi connectivity index (χ3v) is 2.67. The second-order valence-electron chi connectivity index (χ2n) is 3.72. The fourth-order valence-corrected chi connectivity index (χ4v) is 1.79. The Bertz CT molecular complexity index is 653. The number of aromatic nitrogens is 2. The van der Waals surface area contributed by atoms with Crippen molar-refractivity contribution in [1.82, 2.24) is 9.78 Å². The van der Waals surface area contributed by atoms with Gasteiger partial charge in [0.05, 0.1) is 4.92 Å². The van der Waals surface area contributed by atoms with Gasteiger partial charge in [-0.3, -0.25) is 19.6 Å². The molecule has 7 nitrogen and oxygen atoms in total. The summed E-state index contributed by atoms with van der Waals surface area (Å²) in [7, 11) is 1.69. The van der Waals surface area contributed by atoms with Gasteiger partial charge in [-0.2, -0.15) is 5.10 Å². The molecule has 1 aromatic carbocycles. The number of nitro groups is 1. The molecule has 2 aromatic rings. The van der Waals surface area contributed by atoms with Crippen LogP contribution in [-0.4, -0.2) is 20.6 Å². The van der Waals surface area contributed by atoms with E-state index in [9.17, 15) is 14.9 Å². The fourth-order valence-electron chi connectivity index (χ4n) is 1.55. The Morgan fingerprint density at radius 2 is 2.21 bits per heavy atom. The zero-order chi connectivity index (χ0) is 14.0. The summed E-state index contributed by atoms with van der Waals surface area (Å²) < 4.78 is 1.50. The Kier molecular flexibility index (Phi) is 3.48. The summed E-state index contributed by atoms with van der Waals surface area (Å²) >= 11 is 5.73. The average molecular weight is 281 g/mol. The first-order valence-corrected chi connectivity index (χ1v) is 5.60. The summed E-state index contributed by atoms with van der Waals surface area (Å²) in [6.45, 7) is 0. The molecular formula is C11H9ClN4O3. The highest BCUT2D eigenvalue weighted by atomic mass is 35.5. The Morgan fingerprint density at radius 3 is 2.79 bits per heavy atom. The number of rotatable bonds is 3. The molecule has 0 saturated heterocycles. The van der Waals surface area contributed by atoms with Crippen molar-refractivity contribution in [3.63, 3.8) is 0 Å². The van der Waals surface area contributed by atoms with E-state index in [1.165, 1.54) is 22.9 Å². The van der Waals surface area contributed by atoms with Crippen molar-refractivity contribution >= 4 is 29.0 Å². The lowest BCUT2D eigenvalue weighted by molar-refractivity contribution is -0.385. The maximum absolute atomic E-state index is 12.0. The van der Waals surface area contributed by atoms with Gasteiger partial charge in [0, 0.05) is 19.3 Å². The minimum absolute atomic E-state index is 0.0846. The predicted molar refractivity (Wildman–Crippen MR) is 69.3 cm³/mol. The summed E-state index contributed by atoms with van der Waals surface area (Å²) in [5.74, 6) is -0.324. The zero-order valence-corrected chi connectivity index (χ0v) is 10.6. The second kappa shape index (κ2) is 5.07.